The second-order valence-electron chi connectivity index (χ2n) is 6.41. The van der Waals surface area contributed by atoms with Crippen LogP contribution in [0.5, 0.6) is 0 Å². The van der Waals surface area contributed by atoms with Gasteiger partial charge in [-0.3, -0.25) is 9.59 Å². The first-order valence-corrected chi connectivity index (χ1v) is 7.58. The van der Waals surface area contributed by atoms with Crippen molar-refractivity contribution in [1.82, 2.24) is 0 Å². The minimum atomic E-state index is -0.446. The van der Waals surface area contributed by atoms with Crippen LogP contribution >= 0.6 is 0 Å². The Morgan fingerprint density at radius 3 is 2.13 bits per heavy atom. The number of benzene rings is 1. The molecule has 1 aromatic carbocycles. The molecule has 0 atom stereocenters. The molecule has 0 saturated heterocycles. The van der Waals surface area contributed by atoms with Gasteiger partial charge in [0.2, 0.25) is 11.8 Å². The average molecular weight is 314 g/mol. The largest absolute Gasteiger partial charge is 0.469 e. The molecule has 122 valence electrons. The van der Waals surface area contributed by atoms with Crippen LogP contribution in [0.25, 0.3) is 0 Å². The number of amides is 2. The zero-order chi connectivity index (χ0) is 16.9. The van der Waals surface area contributed by atoms with E-state index in [9.17, 15) is 9.59 Å². The van der Waals surface area contributed by atoms with Crippen LogP contribution in [0.3, 0.4) is 0 Å². The van der Waals surface area contributed by atoms with Gasteiger partial charge in [0.05, 0.1) is 6.26 Å². The lowest BCUT2D eigenvalue weighted by Gasteiger charge is -2.17. The molecule has 0 saturated carbocycles. The third-order valence-corrected chi connectivity index (χ3v) is 3.29. The zero-order valence-corrected chi connectivity index (χ0v) is 13.7. The SMILES string of the molecule is CC(C)(C)C(=O)Nc1ccc(NC(=O)CCc2ccco2)cc1. The molecule has 0 aliphatic heterocycles. The van der Waals surface area contributed by atoms with Crippen LogP contribution in [0.4, 0.5) is 11.4 Å². The first kappa shape index (κ1) is 16.8. The minimum Gasteiger partial charge on any atom is -0.469 e. The van der Waals surface area contributed by atoms with Crippen LogP contribution in [0.1, 0.15) is 33.0 Å². The molecule has 2 N–H and O–H groups in total. The second-order valence-corrected chi connectivity index (χ2v) is 6.41. The van der Waals surface area contributed by atoms with Crippen molar-refractivity contribution in [2.75, 3.05) is 10.6 Å². The van der Waals surface area contributed by atoms with Gasteiger partial charge in [0, 0.05) is 29.6 Å². The molecule has 0 fully saturated rings. The lowest BCUT2D eigenvalue weighted by Crippen LogP contribution is -2.27. The van der Waals surface area contributed by atoms with Crippen molar-refractivity contribution in [3.63, 3.8) is 0 Å². The molecule has 1 aromatic heterocycles. The Morgan fingerprint density at radius 1 is 1.00 bits per heavy atom. The topological polar surface area (TPSA) is 71.3 Å². The number of rotatable bonds is 5. The van der Waals surface area contributed by atoms with Crippen molar-refractivity contribution in [3.8, 4) is 0 Å². The number of furan rings is 1. The van der Waals surface area contributed by atoms with Crippen molar-refractivity contribution in [3.05, 3.63) is 48.4 Å². The van der Waals surface area contributed by atoms with E-state index in [-0.39, 0.29) is 11.8 Å². The van der Waals surface area contributed by atoms with Gasteiger partial charge in [-0.05, 0) is 36.4 Å². The number of carbonyl (C=O) groups excluding carboxylic acids is 2. The van der Waals surface area contributed by atoms with Crippen LogP contribution in [-0.2, 0) is 16.0 Å². The number of anilines is 2. The van der Waals surface area contributed by atoms with E-state index in [1.807, 2.05) is 26.8 Å². The maximum absolute atomic E-state index is 11.9. The molecular formula is C18H22N2O3. The predicted molar refractivity (Wildman–Crippen MR) is 90.2 cm³/mol. The molecule has 0 radical (unpaired) electrons. The monoisotopic (exact) mass is 314 g/mol. The molecule has 23 heavy (non-hydrogen) atoms. The summed E-state index contributed by atoms with van der Waals surface area (Å²) in [5.74, 6) is 0.668. The quantitative estimate of drug-likeness (QED) is 0.881. The van der Waals surface area contributed by atoms with Gasteiger partial charge in [0.15, 0.2) is 0 Å². The Morgan fingerprint density at radius 2 is 1.61 bits per heavy atom. The molecule has 2 amide bonds. The van der Waals surface area contributed by atoms with E-state index in [1.165, 1.54) is 0 Å². The lowest BCUT2D eigenvalue weighted by atomic mass is 9.95. The van der Waals surface area contributed by atoms with Crippen molar-refractivity contribution < 1.29 is 14.0 Å². The Bertz CT molecular complexity index is 653. The summed E-state index contributed by atoms with van der Waals surface area (Å²) in [6.45, 7) is 5.57. The van der Waals surface area contributed by atoms with Crippen LogP contribution in [0.15, 0.2) is 47.1 Å². The van der Waals surface area contributed by atoms with E-state index in [2.05, 4.69) is 10.6 Å². The number of aryl methyl sites for hydroxylation is 1. The van der Waals surface area contributed by atoms with E-state index in [0.29, 0.717) is 24.2 Å². The molecule has 1 heterocycles. The van der Waals surface area contributed by atoms with Crippen molar-refractivity contribution >= 4 is 23.2 Å². The molecule has 0 unspecified atom stereocenters. The molecular weight excluding hydrogens is 292 g/mol. The summed E-state index contributed by atoms with van der Waals surface area (Å²) >= 11 is 0. The van der Waals surface area contributed by atoms with Gasteiger partial charge in [0.25, 0.3) is 0 Å². The molecule has 5 heteroatoms. The van der Waals surface area contributed by atoms with Gasteiger partial charge in [-0.15, -0.1) is 0 Å². The third kappa shape index (κ3) is 5.29. The van der Waals surface area contributed by atoms with Crippen molar-refractivity contribution in [2.24, 2.45) is 5.41 Å². The highest BCUT2D eigenvalue weighted by Gasteiger charge is 2.20. The first-order chi connectivity index (χ1) is 10.8. The second kappa shape index (κ2) is 7.13. The molecule has 0 bridgehead atoms. The summed E-state index contributed by atoms with van der Waals surface area (Å²) in [5.41, 5.74) is 0.959. The summed E-state index contributed by atoms with van der Waals surface area (Å²) in [6.07, 6.45) is 2.52. The minimum absolute atomic E-state index is 0.0484. The lowest BCUT2D eigenvalue weighted by molar-refractivity contribution is -0.123. The number of nitrogens with one attached hydrogen (secondary N) is 2. The van der Waals surface area contributed by atoms with Crippen molar-refractivity contribution in [2.45, 2.75) is 33.6 Å². The Kier molecular flexibility index (Phi) is 5.21. The fraction of sp³-hybridized carbons (Fsp3) is 0.333. The smallest absolute Gasteiger partial charge is 0.229 e. The van der Waals surface area contributed by atoms with E-state index < -0.39 is 5.41 Å². The number of hydrogen-bond donors (Lipinski definition) is 2. The molecule has 0 aliphatic rings. The number of hydrogen-bond acceptors (Lipinski definition) is 3. The maximum Gasteiger partial charge on any atom is 0.229 e. The summed E-state index contributed by atoms with van der Waals surface area (Å²) in [6, 6.07) is 10.7. The molecule has 0 spiro atoms. The highest BCUT2D eigenvalue weighted by atomic mass is 16.3. The van der Waals surface area contributed by atoms with E-state index >= 15 is 0 Å². The number of carbonyl (C=O) groups is 2. The summed E-state index contributed by atoms with van der Waals surface area (Å²) < 4.78 is 5.19. The maximum atomic E-state index is 11.9. The Balaban J connectivity index is 1.84. The van der Waals surface area contributed by atoms with Gasteiger partial charge >= 0.3 is 0 Å². The first-order valence-electron chi connectivity index (χ1n) is 7.58. The third-order valence-electron chi connectivity index (χ3n) is 3.29. The summed E-state index contributed by atoms with van der Waals surface area (Å²) in [7, 11) is 0. The van der Waals surface area contributed by atoms with E-state index in [4.69, 9.17) is 4.42 Å². The van der Waals surface area contributed by atoms with Crippen LogP contribution in [0, 0.1) is 5.41 Å². The summed E-state index contributed by atoms with van der Waals surface area (Å²) in [4.78, 5) is 23.8. The molecule has 5 nitrogen and oxygen atoms in total. The van der Waals surface area contributed by atoms with Gasteiger partial charge in [-0.2, -0.15) is 0 Å². The Hall–Kier alpha value is -2.56. The highest BCUT2D eigenvalue weighted by Crippen LogP contribution is 2.19. The molecule has 2 rings (SSSR count). The Labute approximate surface area is 136 Å². The molecule has 2 aromatic rings. The van der Waals surface area contributed by atoms with E-state index in [0.717, 1.165) is 5.76 Å². The summed E-state index contributed by atoms with van der Waals surface area (Å²) in [5, 5.41) is 5.66. The zero-order valence-electron chi connectivity index (χ0n) is 13.7. The fourth-order valence-corrected chi connectivity index (χ4v) is 1.87. The van der Waals surface area contributed by atoms with E-state index in [1.54, 1.807) is 36.6 Å². The predicted octanol–water partition coefficient (Wildman–Crippen LogP) is 3.84. The van der Waals surface area contributed by atoms with Gasteiger partial charge in [0.1, 0.15) is 5.76 Å². The average Bonchev–Trinajstić information content (AvgIpc) is 2.99. The van der Waals surface area contributed by atoms with Gasteiger partial charge < -0.3 is 15.1 Å². The van der Waals surface area contributed by atoms with Crippen LogP contribution in [-0.4, -0.2) is 11.8 Å². The highest BCUT2D eigenvalue weighted by molar-refractivity contribution is 5.95. The van der Waals surface area contributed by atoms with Crippen LogP contribution < -0.4 is 10.6 Å². The van der Waals surface area contributed by atoms with Gasteiger partial charge in [-0.25, -0.2) is 0 Å². The fourth-order valence-electron chi connectivity index (χ4n) is 1.87. The van der Waals surface area contributed by atoms with Crippen molar-refractivity contribution in [1.29, 1.82) is 0 Å². The normalized spacial score (nSPS) is 11.1. The standard InChI is InChI=1S/C18H22N2O3/c1-18(2,3)17(22)20-14-8-6-13(7-9-14)19-16(21)11-10-15-5-4-12-23-15/h4-9,12H,10-11H2,1-3H3,(H,19,21)(H,20,22). The molecule has 0 aliphatic carbocycles. The van der Waals surface area contributed by atoms with Crippen LogP contribution in [0.2, 0.25) is 0 Å². The van der Waals surface area contributed by atoms with Gasteiger partial charge in [-0.1, -0.05) is 20.8 Å².